The Morgan fingerprint density at radius 3 is 2.33 bits per heavy atom. The summed E-state index contributed by atoms with van der Waals surface area (Å²) in [7, 11) is 0. The molecule has 1 fully saturated rings. The van der Waals surface area contributed by atoms with Crippen LogP contribution in [0.4, 0.5) is 11.4 Å². The van der Waals surface area contributed by atoms with E-state index < -0.39 is 0 Å². The SMILES string of the molecule is Cc1cc(N2CC(C)C(C)C2)ccc1N. The van der Waals surface area contributed by atoms with Crippen LogP contribution in [0.1, 0.15) is 19.4 Å². The average molecular weight is 204 g/mol. The van der Waals surface area contributed by atoms with Crippen molar-refractivity contribution in [2.24, 2.45) is 11.8 Å². The predicted molar refractivity (Wildman–Crippen MR) is 66.1 cm³/mol. The van der Waals surface area contributed by atoms with Gasteiger partial charge in [-0.15, -0.1) is 0 Å². The van der Waals surface area contributed by atoms with Gasteiger partial charge in [0.15, 0.2) is 0 Å². The fourth-order valence-corrected chi connectivity index (χ4v) is 2.20. The minimum Gasteiger partial charge on any atom is -0.399 e. The summed E-state index contributed by atoms with van der Waals surface area (Å²) in [6.07, 6.45) is 0. The van der Waals surface area contributed by atoms with Gasteiger partial charge in [0, 0.05) is 24.5 Å². The highest BCUT2D eigenvalue weighted by Gasteiger charge is 2.26. The van der Waals surface area contributed by atoms with Crippen molar-refractivity contribution < 1.29 is 0 Å². The van der Waals surface area contributed by atoms with Crippen molar-refractivity contribution in [1.82, 2.24) is 0 Å². The van der Waals surface area contributed by atoms with Crippen LogP contribution in [-0.2, 0) is 0 Å². The second-order valence-corrected chi connectivity index (χ2v) is 4.90. The monoisotopic (exact) mass is 204 g/mol. The summed E-state index contributed by atoms with van der Waals surface area (Å²) in [6, 6.07) is 6.34. The van der Waals surface area contributed by atoms with Gasteiger partial charge in [0.05, 0.1) is 0 Å². The second-order valence-electron chi connectivity index (χ2n) is 4.90. The normalized spacial score (nSPS) is 25.9. The number of rotatable bonds is 1. The largest absolute Gasteiger partial charge is 0.399 e. The van der Waals surface area contributed by atoms with E-state index in [4.69, 9.17) is 5.73 Å². The molecule has 2 rings (SSSR count). The Morgan fingerprint density at radius 2 is 1.80 bits per heavy atom. The van der Waals surface area contributed by atoms with Gasteiger partial charge in [0.25, 0.3) is 0 Å². The first-order chi connectivity index (χ1) is 7.08. The van der Waals surface area contributed by atoms with Crippen molar-refractivity contribution >= 4 is 11.4 Å². The number of aryl methyl sites for hydroxylation is 1. The lowest BCUT2D eigenvalue weighted by atomic mass is 10.0. The van der Waals surface area contributed by atoms with Crippen molar-refractivity contribution in [2.45, 2.75) is 20.8 Å². The average Bonchev–Trinajstić information content (AvgIpc) is 2.52. The summed E-state index contributed by atoms with van der Waals surface area (Å²) in [6.45, 7) is 9.07. The molecule has 1 aromatic rings. The summed E-state index contributed by atoms with van der Waals surface area (Å²) in [5.41, 5.74) is 9.21. The zero-order valence-corrected chi connectivity index (χ0v) is 9.83. The molecule has 2 atom stereocenters. The third kappa shape index (κ3) is 1.94. The van der Waals surface area contributed by atoms with Gasteiger partial charge in [-0.3, -0.25) is 0 Å². The first-order valence-electron chi connectivity index (χ1n) is 5.69. The Hall–Kier alpha value is -1.18. The molecule has 1 saturated heterocycles. The fourth-order valence-electron chi connectivity index (χ4n) is 2.20. The molecule has 2 heteroatoms. The van der Waals surface area contributed by atoms with Gasteiger partial charge in [-0.25, -0.2) is 0 Å². The molecule has 82 valence electrons. The van der Waals surface area contributed by atoms with Crippen LogP contribution in [0, 0.1) is 18.8 Å². The Morgan fingerprint density at radius 1 is 1.20 bits per heavy atom. The molecule has 1 aliphatic heterocycles. The highest BCUT2D eigenvalue weighted by molar-refractivity contribution is 5.58. The predicted octanol–water partition coefficient (Wildman–Crippen LogP) is 2.67. The van der Waals surface area contributed by atoms with E-state index in [0.29, 0.717) is 0 Å². The zero-order chi connectivity index (χ0) is 11.0. The maximum absolute atomic E-state index is 5.82. The Kier molecular flexibility index (Phi) is 2.59. The molecule has 0 spiro atoms. The molecule has 0 amide bonds. The van der Waals surface area contributed by atoms with Crippen molar-refractivity contribution in [1.29, 1.82) is 0 Å². The van der Waals surface area contributed by atoms with Gasteiger partial charge in [-0.05, 0) is 42.5 Å². The Bertz CT molecular complexity index is 350. The summed E-state index contributed by atoms with van der Waals surface area (Å²) < 4.78 is 0. The van der Waals surface area contributed by atoms with Crippen molar-refractivity contribution in [3.8, 4) is 0 Å². The topological polar surface area (TPSA) is 29.3 Å². The third-order valence-electron chi connectivity index (χ3n) is 3.61. The van der Waals surface area contributed by atoms with Crippen LogP contribution in [0.2, 0.25) is 0 Å². The van der Waals surface area contributed by atoms with Crippen LogP contribution in [0.25, 0.3) is 0 Å². The maximum Gasteiger partial charge on any atom is 0.0370 e. The van der Waals surface area contributed by atoms with Gasteiger partial charge >= 0.3 is 0 Å². The molecule has 0 aromatic heterocycles. The maximum atomic E-state index is 5.82. The lowest BCUT2D eigenvalue weighted by Gasteiger charge is -2.19. The second kappa shape index (κ2) is 3.76. The standard InChI is InChI=1S/C13H20N2/c1-9-6-12(4-5-13(9)14)15-7-10(2)11(3)8-15/h4-6,10-11H,7-8,14H2,1-3H3. The zero-order valence-electron chi connectivity index (χ0n) is 9.83. The van der Waals surface area contributed by atoms with Gasteiger partial charge < -0.3 is 10.6 Å². The van der Waals surface area contributed by atoms with Gasteiger partial charge in [0.2, 0.25) is 0 Å². The molecule has 0 radical (unpaired) electrons. The lowest BCUT2D eigenvalue weighted by Crippen LogP contribution is -2.19. The molecule has 2 N–H and O–H groups in total. The highest BCUT2D eigenvalue weighted by atomic mass is 15.2. The van der Waals surface area contributed by atoms with E-state index >= 15 is 0 Å². The summed E-state index contributed by atoms with van der Waals surface area (Å²) in [5, 5.41) is 0. The number of hydrogen-bond acceptors (Lipinski definition) is 2. The minimum absolute atomic E-state index is 0.794. The van der Waals surface area contributed by atoms with Crippen LogP contribution in [0.5, 0.6) is 0 Å². The summed E-state index contributed by atoms with van der Waals surface area (Å²) >= 11 is 0. The summed E-state index contributed by atoms with van der Waals surface area (Å²) in [4.78, 5) is 2.46. The molecule has 2 nitrogen and oxygen atoms in total. The van der Waals surface area contributed by atoms with E-state index in [2.05, 4.69) is 37.8 Å². The molecule has 0 bridgehead atoms. The molecule has 1 aromatic carbocycles. The van der Waals surface area contributed by atoms with Crippen LogP contribution in [0.3, 0.4) is 0 Å². The third-order valence-corrected chi connectivity index (χ3v) is 3.61. The van der Waals surface area contributed by atoms with Gasteiger partial charge in [0.1, 0.15) is 0 Å². The van der Waals surface area contributed by atoms with Crippen molar-refractivity contribution in [2.75, 3.05) is 23.7 Å². The molecule has 0 saturated carbocycles. The van der Waals surface area contributed by atoms with E-state index in [0.717, 1.165) is 17.5 Å². The molecule has 15 heavy (non-hydrogen) atoms. The van der Waals surface area contributed by atoms with Crippen molar-refractivity contribution in [3.05, 3.63) is 23.8 Å². The minimum atomic E-state index is 0.794. The van der Waals surface area contributed by atoms with E-state index in [1.807, 2.05) is 6.07 Å². The smallest absolute Gasteiger partial charge is 0.0370 e. The summed E-state index contributed by atoms with van der Waals surface area (Å²) in [5.74, 6) is 1.59. The van der Waals surface area contributed by atoms with E-state index in [-0.39, 0.29) is 0 Å². The molecule has 2 unspecified atom stereocenters. The first kappa shape index (κ1) is 10.3. The number of anilines is 2. The number of nitrogens with zero attached hydrogens (tertiary/aromatic N) is 1. The first-order valence-corrected chi connectivity index (χ1v) is 5.69. The van der Waals surface area contributed by atoms with Crippen LogP contribution in [0.15, 0.2) is 18.2 Å². The van der Waals surface area contributed by atoms with Crippen LogP contribution < -0.4 is 10.6 Å². The Balaban J connectivity index is 2.20. The lowest BCUT2D eigenvalue weighted by molar-refractivity contribution is 0.494. The number of nitrogen functional groups attached to an aromatic ring is 1. The number of hydrogen-bond donors (Lipinski definition) is 1. The van der Waals surface area contributed by atoms with Crippen LogP contribution in [-0.4, -0.2) is 13.1 Å². The molecular formula is C13H20N2. The number of nitrogens with two attached hydrogens (primary N) is 1. The van der Waals surface area contributed by atoms with Gasteiger partial charge in [-0.1, -0.05) is 13.8 Å². The molecule has 1 aliphatic rings. The molecular weight excluding hydrogens is 184 g/mol. The van der Waals surface area contributed by atoms with E-state index in [9.17, 15) is 0 Å². The highest BCUT2D eigenvalue weighted by Crippen LogP contribution is 2.29. The number of benzene rings is 1. The van der Waals surface area contributed by atoms with Crippen molar-refractivity contribution in [3.63, 3.8) is 0 Å². The Labute approximate surface area is 92.1 Å². The quantitative estimate of drug-likeness (QED) is 0.713. The fraction of sp³-hybridized carbons (Fsp3) is 0.538. The molecule has 0 aliphatic carbocycles. The van der Waals surface area contributed by atoms with E-state index in [1.54, 1.807) is 0 Å². The van der Waals surface area contributed by atoms with Crippen LogP contribution >= 0.6 is 0 Å². The van der Waals surface area contributed by atoms with E-state index in [1.165, 1.54) is 24.3 Å². The molecule has 1 heterocycles. The van der Waals surface area contributed by atoms with Gasteiger partial charge in [-0.2, -0.15) is 0 Å².